The molecule has 0 fully saturated rings. The molecule has 0 saturated carbocycles. The fourth-order valence-corrected chi connectivity index (χ4v) is 2.66. The maximum Gasteiger partial charge on any atom is 0.323 e. The minimum absolute atomic E-state index is 0.0686. The average molecular weight is 368 g/mol. The van der Waals surface area contributed by atoms with Crippen molar-refractivity contribution >= 4 is 11.8 Å². The first-order valence-electron chi connectivity index (χ1n) is 8.92. The number of benzene rings is 1. The smallest absolute Gasteiger partial charge is 0.323 e. The maximum atomic E-state index is 12.5. The molecule has 2 amide bonds. The monoisotopic (exact) mass is 368 g/mol. The van der Waals surface area contributed by atoms with Gasteiger partial charge in [-0.05, 0) is 19.4 Å². The minimum atomic E-state index is -0.285. The number of amides is 2. The van der Waals surface area contributed by atoms with Gasteiger partial charge in [-0.25, -0.2) is 4.79 Å². The fraction of sp³-hybridized carbons (Fsp3) is 0.368. The predicted molar refractivity (Wildman–Crippen MR) is 101 cm³/mol. The molecule has 1 N–H and O–H groups in total. The Morgan fingerprint density at radius 3 is 2.74 bits per heavy atom. The van der Waals surface area contributed by atoms with E-state index >= 15 is 0 Å². The molecule has 1 unspecified atom stereocenters. The first-order valence-corrected chi connectivity index (χ1v) is 8.92. The lowest BCUT2D eigenvalue weighted by molar-refractivity contribution is 0.213. The SMILES string of the molecule is CCc1noc(CN(C)C(=O)Nc2nn(C(C)c3ccccc3)cc2C)n1. The van der Waals surface area contributed by atoms with Crippen LogP contribution < -0.4 is 5.32 Å². The first-order chi connectivity index (χ1) is 13.0. The molecule has 0 saturated heterocycles. The van der Waals surface area contributed by atoms with Gasteiger partial charge in [0, 0.05) is 25.2 Å². The van der Waals surface area contributed by atoms with Crippen molar-refractivity contribution in [3.8, 4) is 0 Å². The highest BCUT2D eigenvalue weighted by Gasteiger charge is 2.17. The highest BCUT2D eigenvalue weighted by Crippen LogP contribution is 2.21. The number of hydrogen-bond acceptors (Lipinski definition) is 5. The third kappa shape index (κ3) is 4.33. The highest BCUT2D eigenvalue weighted by molar-refractivity contribution is 5.88. The number of rotatable bonds is 6. The number of urea groups is 1. The van der Waals surface area contributed by atoms with Gasteiger partial charge in [0.25, 0.3) is 0 Å². The summed E-state index contributed by atoms with van der Waals surface area (Å²) in [7, 11) is 1.67. The second-order valence-corrected chi connectivity index (χ2v) is 6.47. The molecule has 2 aromatic heterocycles. The van der Waals surface area contributed by atoms with Crippen molar-refractivity contribution in [1.29, 1.82) is 0 Å². The van der Waals surface area contributed by atoms with Crippen LogP contribution in [0.15, 0.2) is 41.1 Å². The second-order valence-electron chi connectivity index (χ2n) is 6.47. The predicted octanol–water partition coefficient (Wildman–Crippen LogP) is 3.41. The lowest BCUT2D eigenvalue weighted by Gasteiger charge is -2.15. The lowest BCUT2D eigenvalue weighted by Crippen LogP contribution is -2.31. The Kier molecular flexibility index (Phi) is 5.54. The van der Waals surface area contributed by atoms with E-state index in [1.54, 1.807) is 7.05 Å². The van der Waals surface area contributed by atoms with Crippen molar-refractivity contribution < 1.29 is 9.32 Å². The van der Waals surface area contributed by atoms with E-state index in [1.165, 1.54) is 4.90 Å². The van der Waals surface area contributed by atoms with Crippen LogP contribution in [0.4, 0.5) is 10.6 Å². The Bertz CT molecular complexity index is 902. The van der Waals surface area contributed by atoms with Crippen LogP contribution in [-0.4, -0.2) is 37.9 Å². The van der Waals surface area contributed by atoms with E-state index in [1.807, 2.05) is 42.9 Å². The van der Waals surface area contributed by atoms with E-state index in [0.717, 1.165) is 11.1 Å². The zero-order valence-electron chi connectivity index (χ0n) is 16.0. The Labute approximate surface area is 158 Å². The molecule has 142 valence electrons. The van der Waals surface area contributed by atoms with Gasteiger partial charge in [-0.3, -0.25) is 10.00 Å². The van der Waals surface area contributed by atoms with Gasteiger partial charge in [0.05, 0.1) is 6.04 Å². The Balaban J connectivity index is 1.66. The Hall–Kier alpha value is -3.16. The van der Waals surface area contributed by atoms with E-state index in [9.17, 15) is 4.79 Å². The van der Waals surface area contributed by atoms with Crippen molar-refractivity contribution in [3.63, 3.8) is 0 Å². The Morgan fingerprint density at radius 2 is 2.07 bits per heavy atom. The van der Waals surface area contributed by atoms with Gasteiger partial charge in [-0.15, -0.1) is 0 Å². The molecule has 0 radical (unpaired) electrons. The van der Waals surface area contributed by atoms with Gasteiger partial charge in [0.2, 0.25) is 5.89 Å². The summed E-state index contributed by atoms with van der Waals surface area (Å²) in [6.45, 7) is 6.17. The van der Waals surface area contributed by atoms with Crippen LogP contribution in [0.2, 0.25) is 0 Å². The van der Waals surface area contributed by atoms with Gasteiger partial charge >= 0.3 is 6.03 Å². The van der Waals surface area contributed by atoms with E-state index in [2.05, 4.69) is 39.6 Å². The summed E-state index contributed by atoms with van der Waals surface area (Å²) < 4.78 is 6.99. The van der Waals surface area contributed by atoms with Gasteiger partial charge in [-0.1, -0.05) is 42.4 Å². The maximum absolute atomic E-state index is 12.5. The highest BCUT2D eigenvalue weighted by atomic mass is 16.5. The average Bonchev–Trinajstić information content (AvgIpc) is 3.28. The molecule has 0 bridgehead atoms. The van der Waals surface area contributed by atoms with Crippen LogP contribution in [0, 0.1) is 6.92 Å². The summed E-state index contributed by atoms with van der Waals surface area (Å²) in [6, 6.07) is 9.89. The van der Waals surface area contributed by atoms with Gasteiger partial charge in [0.15, 0.2) is 11.6 Å². The van der Waals surface area contributed by atoms with Crippen molar-refractivity contribution in [2.24, 2.45) is 0 Å². The molecule has 3 aromatic rings. The molecule has 1 aromatic carbocycles. The second kappa shape index (κ2) is 8.03. The molecule has 1 atom stereocenters. The number of aromatic nitrogens is 4. The summed E-state index contributed by atoms with van der Waals surface area (Å²) in [5.41, 5.74) is 2.05. The van der Waals surface area contributed by atoms with Crippen molar-refractivity contribution in [2.75, 3.05) is 12.4 Å². The number of carbonyl (C=O) groups is 1. The topological polar surface area (TPSA) is 89.1 Å². The van der Waals surface area contributed by atoms with Crippen LogP contribution in [0.3, 0.4) is 0 Å². The zero-order chi connectivity index (χ0) is 19.4. The standard InChI is InChI=1S/C19H24N6O2/c1-5-16-20-17(27-23-16)12-24(4)19(26)21-18-13(2)11-25(22-18)14(3)15-9-7-6-8-10-15/h6-11,14H,5,12H2,1-4H3,(H,21,22,26). The molecule has 0 aliphatic heterocycles. The lowest BCUT2D eigenvalue weighted by atomic mass is 10.1. The molecule has 8 heteroatoms. The number of nitrogens with zero attached hydrogens (tertiary/aromatic N) is 5. The van der Waals surface area contributed by atoms with Crippen LogP contribution in [0.5, 0.6) is 0 Å². The van der Waals surface area contributed by atoms with E-state index < -0.39 is 0 Å². The summed E-state index contributed by atoms with van der Waals surface area (Å²) in [5.74, 6) is 1.57. The zero-order valence-corrected chi connectivity index (χ0v) is 16.0. The third-order valence-electron chi connectivity index (χ3n) is 4.36. The number of aryl methyl sites for hydroxylation is 2. The number of hydrogen-bond donors (Lipinski definition) is 1. The summed E-state index contributed by atoms with van der Waals surface area (Å²) >= 11 is 0. The normalized spacial score (nSPS) is 12.0. The third-order valence-corrected chi connectivity index (χ3v) is 4.36. The van der Waals surface area contributed by atoms with Crippen LogP contribution in [-0.2, 0) is 13.0 Å². The minimum Gasteiger partial charge on any atom is -0.337 e. The number of anilines is 1. The molecule has 2 heterocycles. The largest absolute Gasteiger partial charge is 0.337 e. The van der Waals surface area contributed by atoms with E-state index in [-0.39, 0.29) is 18.6 Å². The molecular weight excluding hydrogens is 344 g/mol. The molecular formula is C19H24N6O2. The van der Waals surface area contributed by atoms with Crippen molar-refractivity contribution in [2.45, 2.75) is 39.8 Å². The van der Waals surface area contributed by atoms with E-state index in [0.29, 0.717) is 24.0 Å². The molecule has 0 spiro atoms. The molecule has 8 nitrogen and oxygen atoms in total. The van der Waals surface area contributed by atoms with Crippen molar-refractivity contribution in [1.82, 2.24) is 24.8 Å². The van der Waals surface area contributed by atoms with Crippen LogP contribution in [0.1, 0.15) is 42.7 Å². The van der Waals surface area contributed by atoms with E-state index in [4.69, 9.17) is 4.52 Å². The van der Waals surface area contributed by atoms with Gasteiger partial charge in [-0.2, -0.15) is 10.1 Å². The molecule has 0 aliphatic rings. The van der Waals surface area contributed by atoms with Crippen molar-refractivity contribution in [3.05, 3.63) is 59.4 Å². The Morgan fingerprint density at radius 1 is 1.33 bits per heavy atom. The molecule has 0 aliphatic carbocycles. The summed E-state index contributed by atoms with van der Waals surface area (Å²) in [6.07, 6.45) is 2.62. The first kappa shape index (κ1) is 18.6. The molecule has 3 rings (SSSR count). The fourth-order valence-electron chi connectivity index (χ4n) is 2.66. The van der Waals surface area contributed by atoms with Crippen LogP contribution >= 0.6 is 0 Å². The quantitative estimate of drug-likeness (QED) is 0.720. The summed E-state index contributed by atoms with van der Waals surface area (Å²) in [5, 5.41) is 11.2. The number of nitrogens with one attached hydrogen (secondary N) is 1. The van der Waals surface area contributed by atoms with Gasteiger partial charge in [0.1, 0.15) is 6.54 Å². The van der Waals surface area contributed by atoms with Gasteiger partial charge < -0.3 is 9.42 Å². The summed E-state index contributed by atoms with van der Waals surface area (Å²) in [4.78, 5) is 18.2. The molecule has 27 heavy (non-hydrogen) atoms. The van der Waals surface area contributed by atoms with Crippen LogP contribution in [0.25, 0.3) is 0 Å². The number of carbonyl (C=O) groups excluding carboxylic acids is 1.